The van der Waals surface area contributed by atoms with Gasteiger partial charge >= 0.3 is 0 Å². The predicted octanol–water partition coefficient (Wildman–Crippen LogP) is -1.60. The van der Waals surface area contributed by atoms with Gasteiger partial charge in [-0.3, -0.25) is 14.5 Å². The third-order valence-corrected chi connectivity index (χ3v) is 8.22. The van der Waals surface area contributed by atoms with Crippen molar-refractivity contribution >= 4 is 11.8 Å². The molecule has 0 aromatic carbocycles. The van der Waals surface area contributed by atoms with Gasteiger partial charge in [0.25, 0.3) is 0 Å². The van der Waals surface area contributed by atoms with Crippen molar-refractivity contribution in [2.45, 2.75) is 88.1 Å². The minimum Gasteiger partial charge on any atom is -0.388 e. The molecule has 3 heterocycles. The molecule has 1 aliphatic carbocycles. The summed E-state index contributed by atoms with van der Waals surface area (Å²) in [5, 5.41) is 26.2. The molecule has 4 aliphatic rings. The third kappa shape index (κ3) is 6.27. The molecule has 34 heavy (non-hydrogen) atoms. The highest BCUT2D eigenvalue weighted by atomic mass is 16.5. The molecule has 10 nitrogen and oxygen atoms in total. The maximum Gasteiger partial charge on any atom is 0.225 e. The fourth-order valence-electron chi connectivity index (χ4n) is 5.93. The lowest BCUT2D eigenvalue weighted by Crippen LogP contribution is -2.95. The van der Waals surface area contributed by atoms with E-state index in [-0.39, 0.29) is 36.8 Å². The Morgan fingerprint density at radius 1 is 1.00 bits per heavy atom. The predicted molar refractivity (Wildman–Crippen MR) is 124 cm³/mol. The van der Waals surface area contributed by atoms with Crippen molar-refractivity contribution in [3.05, 3.63) is 0 Å². The fraction of sp³-hybridized carbons (Fsp3) is 0.917. The van der Waals surface area contributed by atoms with Gasteiger partial charge < -0.3 is 35.2 Å². The minimum atomic E-state index is -1.14. The van der Waals surface area contributed by atoms with Gasteiger partial charge in [0, 0.05) is 52.2 Å². The van der Waals surface area contributed by atoms with E-state index >= 15 is 0 Å². The van der Waals surface area contributed by atoms with Crippen LogP contribution < -0.4 is 10.6 Å². The van der Waals surface area contributed by atoms with Crippen LogP contribution in [-0.4, -0.2) is 115 Å². The average molecular weight is 484 g/mol. The number of aliphatic hydroxyl groups excluding tert-OH is 2. The number of ether oxygens (including phenoxy) is 2. The summed E-state index contributed by atoms with van der Waals surface area (Å²) >= 11 is 0. The number of carbonyl (C=O) groups excluding carboxylic acids is 2. The zero-order valence-corrected chi connectivity index (χ0v) is 20.4. The number of piperidine rings is 1. The maximum absolute atomic E-state index is 12.9. The molecule has 5 atom stereocenters. The summed E-state index contributed by atoms with van der Waals surface area (Å²) in [5.74, 6) is -0.160. The van der Waals surface area contributed by atoms with Crippen LogP contribution in [0.1, 0.15) is 51.4 Å². The molecule has 4 rings (SSSR count). The molecular formula is C24H43N4O6+. The Balaban J connectivity index is 1.18. The van der Waals surface area contributed by atoms with Gasteiger partial charge in [0.05, 0.1) is 25.2 Å². The van der Waals surface area contributed by atoms with Gasteiger partial charge in [-0.05, 0) is 38.5 Å². The van der Waals surface area contributed by atoms with E-state index in [2.05, 4.69) is 15.5 Å². The van der Waals surface area contributed by atoms with Crippen LogP contribution in [0.25, 0.3) is 0 Å². The van der Waals surface area contributed by atoms with Gasteiger partial charge in [0.15, 0.2) is 0 Å². The lowest BCUT2D eigenvalue weighted by molar-refractivity contribution is -0.717. The summed E-state index contributed by atoms with van der Waals surface area (Å²) in [7, 11) is 1.70. The van der Waals surface area contributed by atoms with Crippen molar-refractivity contribution in [1.82, 2.24) is 15.1 Å². The Morgan fingerprint density at radius 2 is 1.71 bits per heavy atom. The normalized spacial score (nSPS) is 37.5. The molecule has 0 spiro atoms. The molecule has 5 unspecified atom stereocenters. The van der Waals surface area contributed by atoms with E-state index in [1.165, 1.54) is 25.8 Å². The summed E-state index contributed by atoms with van der Waals surface area (Å²) in [6.45, 7) is 4.40. The second-order valence-electron chi connectivity index (χ2n) is 10.4. The molecule has 0 bridgehead atoms. The summed E-state index contributed by atoms with van der Waals surface area (Å²) in [6.07, 6.45) is 4.13. The number of carbonyl (C=O) groups is 2. The van der Waals surface area contributed by atoms with E-state index in [9.17, 15) is 19.8 Å². The van der Waals surface area contributed by atoms with Crippen LogP contribution in [0.2, 0.25) is 0 Å². The molecule has 3 saturated heterocycles. The second-order valence-corrected chi connectivity index (χ2v) is 10.4. The zero-order valence-electron chi connectivity index (χ0n) is 20.4. The first-order chi connectivity index (χ1) is 16.5. The molecule has 1 saturated carbocycles. The molecule has 5 N–H and O–H groups in total. The molecule has 2 amide bonds. The van der Waals surface area contributed by atoms with Crippen molar-refractivity contribution in [3.8, 4) is 0 Å². The number of hydrogen-bond donors (Lipinski definition) is 4. The molecular weight excluding hydrogens is 440 g/mol. The number of piperazine rings is 1. The highest BCUT2D eigenvalue weighted by Crippen LogP contribution is 2.27. The van der Waals surface area contributed by atoms with Crippen LogP contribution in [-0.2, 0) is 19.1 Å². The molecule has 4 fully saturated rings. The number of nitrogens with zero attached hydrogens (tertiary/aromatic N) is 2. The third-order valence-electron chi connectivity index (χ3n) is 8.22. The monoisotopic (exact) mass is 483 g/mol. The zero-order chi connectivity index (χ0) is 24.1. The van der Waals surface area contributed by atoms with E-state index in [0.717, 1.165) is 38.8 Å². The summed E-state index contributed by atoms with van der Waals surface area (Å²) < 4.78 is 11.2. The Bertz CT molecular complexity index is 674. The van der Waals surface area contributed by atoms with Gasteiger partial charge in [0.1, 0.15) is 24.5 Å². The highest BCUT2D eigenvalue weighted by molar-refractivity contribution is 5.78. The molecule has 0 aromatic heterocycles. The van der Waals surface area contributed by atoms with Gasteiger partial charge in [0.2, 0.25) is 11.8 Å². The van der Waals surface area contributed by atoms with Crippen LogP contribution in [0, 0.1) is 5.92 Å². The number of methoxy groups -OCH3 is 1. The molecule has 0 aromatic rings. The number of nitrogens with one attached hydrogen (secondary N) is 1. The topological polar surface area (TPSA) is 128 Å². The Labute approximate surface area is 202 Å². The van der Waals surface area contributed by atoms with Gasteiger partial charge in [-0.25, -0.2) is 0 Å². The van der Waals surface area contributed by atoms with Crippen molar-refractivity contribution in [3.63, 3.8) is 0 Å². The van der Waals surface area contributed by atoms with E-state index in [1.54, 1.807) is 7.11 Å². The minimum absolute atomic E-state index is 0.0409. The molecule has 10 heteroatoms. The molecule has 194 valence electrons. The Hall–Kier alpha value is -1.30. The van der Waals surface area contributed by atoms with E-state index in [4.69, 9.17) is 9.47 Å². The van der Waals surface area contributed by atoms with Crippen molar-refractivity contribution in [2.24, 2.45) is 5.92 Å². The number of hydrogen-bond acceptors (Lipinski definition) is 7. The van der Waals surface area contributed by atoms with E-state index in [0.29, 0.717) is 19.3 Å². The SMILES string of the molecule is COC1CCC(C(=O)NCC2OC(CC(=O)N3CCN(C4CCCC[NH2+]4)CC3)C(O)C2O)CC1. The van der Waals surface area contributed by atoms with Gasteiger partial charge in [-0.1, -0.05) is 0 Å². The first-order valence-corrected chi connectivity index (χ1v) is 13.1. The first-order valence-electron chi connectivity index (χ1n) is 13.1. The van der Waals surface area contributed by atoms with Crippen molar-refractivity contribution in [2.75, 3.05) is 46.4 Å². The highest BCUT2D eigenvalue weighted by Gasteiger charge is 2.44. The number of aliphatic hydroxyl groups is 2. The van der Waals surface area contributed by atoms with Crippen LogP contribution in [0.5, 0.6) is 0 Å². The summed E-state index contributed by atoms with van der Waals surface area (Å²) in [6, 6.07) is 0. The van der Waals surface area contributed by atoms with Crippen LogP contribution in [0.3, 0.4) is 0 Å². The average Bonchev–Trinajstić information content (AvgIpc) is 3.15. The summed E-state index contributed by atoms with van der Waals surface area (Å²) in [4.78, 5) is 29.7. The quantitative estimate of drug-likeness (QED) is 0.344. The Kier molecular flexibility index (Phi) is 9.17. The van der Waals surface area contributed by atoms with Crippen molar-refractivity contribution < 1.29 is 34.6 Å². The number of rotatable bonds is 7. The van der Waals surface area contributed by atoms with Gasteiger partial charge in [-0.15, -0.1) is 0 Å². The fourth-order valence-corrected chi connectivity index (χ4v) is 5.93. The van der Waals surface area contributed by atoms with E-state index < -0.39 is 24.4 Å². The lowest BCUT2D eigenvalue weighted by Gasteiger charge is -2.39. The van der Waals surface area contributed by atoms with Crippen LogP contribution in [0.15, 0.2) is 0 Å². The van der Waals surface area contributed by atoms with Crippen molar-refractivity contribution in [1.29, 1.82) is 0 Å². The number of amides is 2. The van der Waals surface area contributed by atoms with Crippen LogP contribution in [0.4, 0.5) is 0 Å². The Morgan fingerprint density at radius 3 is 2.35 bits per heavy atom. The van der Waals surface area contributed by atoms with Gasteiger partial charge in [-0.2, -0.15) is 0 Å². The standard InChI is InChI=1S/C24H42N4O6/c1-33-17-7-5-16(6-8-17)24(32)26-15-19-23(31)22(30)18(34-19)14-21(29)28-12-10-27(11-13-28)20-4-2-3-9-25-20/h16-20,22-23,25,30-31H,2-15H2,1H3,(H,26,32)/p+1. The maximum atomic E-state index is 12.9. The smallest absolute Gasteiger partial charge is 0.225 e. The lowest BCUT2D eigenvalue weighted by atomic mass is 9.87. The number of quaternary nitrogens is 1. The molecule has 3 aliphatic heterocycles. The largest absolute Gasteiger partial charge is 0.388 e. The first kappa shape index (κ1) is 25.8. The molecule has 0 radical (unpaired) electrons. The van der Waals surface area contributed by atoms with Crippen LogP contribution >= 0.6 is 0 Å². The van der Waals surface area contributed by atoms with E-state index in [1.807, 2.05) is 4.90 Å². The second kappa shape index (κ2) is 12.1. The summed E-state index contributed by atoms with van der Waals surface area (Å²) in [5.41, 5.74) is 0. The number of nitrogens with two attached hydrogens (primary N) is 1.